The average Bonchev–Trinajstić information content (AvgIpc) is 2.66. The summed E-state index contributed by atoms with van der Waals surface area (Å²) in [6, 6.07) is 4.09. The van der Waals surface area contributed by atoms with Gasteiger partial charge in [-0.2, -0.15) is 0 Å². The van der Waals surface area contributed by atoms with Crippen LogP contribution in [0.2, 0.25) is 0 Å². The average molecular weight is 227 g/mol. The van der Waals surface area contributed by atoms with Crippen molar-refractivity contribution in [3.05, 3.63) is 22.4 Å². The molecule has 0 amide bonds. The van der Waals surface area contributed by atoms with Crippen LogP contribution >= 0.6 is 11.3 Å². The molecule has 1 heterocycles. The molecule has 0 aliphatic carbocycles. The van der Waals surface area contributed by atoms with Gasteiger partial charge in [-0.1, -0.05) is 6.07 Å². The summed E-state index contributed by atoms with van der Waals surface area (Å²) in [5.41, 5.74) is -0.794. The van der Waals surface area contributed by atoms with Crippen LogP contribution in [-0.2, 0) is 11.2 Å². The summed E-state index contributed by atoms with van der Waals surface area (Å²) in [5, 5.41) is 11.1. The van der Waals surface area contributed by atoms with Crippen LogP contribution in [0.3, 0.4) is 0 Å². The highest BCUT2D eigenvalue weighted by Crippen LogP contribution is 2.15. The zero-order valence-corrected chi connectivity index (χ0v) is 10.2. The number of thiophene rings is 1. The minimum Gasteiger partial charge on any atom is -0.480 e. The summed E-state index contributed by atoms with van der Waals surface area (Å²) in [6.45, 7) is 4.22. The number of aliphatic carboxylic acids is 1. The minimum absolute atomic E-state index is 0.764. The Hall–Kier alpha value is -0.870. The highest BCUT2D eigenvalue weighted by atomic mass is 32.1. The molecule has 1 aromatic heterocycles. The maximum Gasteiger partial charge on any atom is 0.323 e. The zero-order valence-electron chi connectivity index (χ0n) is 9.36. The summed E-state index contributed by atoms with van der Waals surface area (Å²) in [4.78, 5) is 14.1. The van der Waals surface area contributed by atoms with Gasteiger partial charge >= 0.3 is 5.97 Å². The van der Waals surface area contributed by atoms with E-state index in [1.54, 1.807) is 25.2 Å². The van der Waals surface area contributed by atoms with E-state index in [-0.39, 0.29) is 0 Å². The number of carbonyl (C=O) groups is 1. The van der Waals surface area contributed by atoms with Gasteiger partial charge in [0.25, 0.3) is 0 Å². The van der Waals surface area contributed by atoms with E-state index in [0.29, 0.717) is 0 Å². The van der Waals surface area contributed by atoms with Crippen LogP contribution in [0.1, 0.15) is 18.7 Å². The van der Waals surface area contributed by atoms with E-state index in [9.17, 15) is 4.79 Å². The molecule has 0 aromatic carbocycles. The molecule has 0 aliphatic rings. The van der Waals surface area contributed by atoms with Crippen molar-refractivity contribution in [2.24, 2.45) is 0 Å². The third-order valence-corrected chi connectivity index (χ3v) is 3.69. The van der Waals surface area contributed by atoms with Crippen LogP contribution in [0, 0.1) is 0 Å². The maximum absolute atomic E-state index is 11.0. The molecule has 1 rings (SSSR count). The Morgan fingerprint density at radius 3 is 2.73 bits per heavy atom. The standard InChI is InChI=1S/C11H17NO2S/c1-11(2,10(13)14)12(3)7-6-9-5-4-8-15-9/h4-5,8H,6-7H2,1-3H3,(H,13,14). The van der Waals surface area contributed by atoms with E-state index < -0.39 is 11.5 Å². The van der Waals surface area contributed by atoms with Crippen molar-refractivity contribution >= 4 is 17.3 Å². The van der Waals surface area contributed by atoms with Gasteiger partial charge in [-0.25, -0.2) is 0 Å². The largest absolute Gasteiger partial charge is 0.480 e. The molecular formula is C11H17NO2S. The van der Waals surface area contributed by atoms with Crippen LogP contribution in [0.15, 0.2) is 17.5 Å². The lowest BCUT2D eigenvalue weighted by atomic mass is 10.0. The Morgan fingerprint density at radius 2 is 2.27 bits per heavy atom. The highest BCUT2D eigenvalue weighted by Gasteiger charge is 2.31. The van der Waals surface area contributed by atoms with Crippen molar-refractivity contribution in [3.63, 3.8) is 0 Å². The van der Waals surface area contributed by atoms with E-state index in [0.717, 1.165) is 13.0 Å². The van der Waals surface area contributed by atoms with E-state index >= 15 is 0 Å². The van der Waals surface area contributed by atoms with E-state index in [4.69, 9.17) is 5.11 Å². The maximum atomic E-state index is 11.0. The number of nitrogens with zero attached hydrogens (tertiary/aromatic N) is 1. The van der Waals surface area contributed by atoms with E-state index in [1.807, 2.05) is 23.4 Å². The molecular weight excluding hydrogens is 210 g/mol. The topological polar surface area (TPSA) is 40.5 Å². The fraction of sp³-hybridized carbons (Fsp3) is 0.545. The number of hydrogen-bond donors (Lipinski definition) is 1. The van der Waals surface area contributed by atoms with Crippen LogP contribution in [-0.4, -0.2) is 35.1 Å². The number of carboxylic acid groups (broad SMARTS) is 1. The smallest absolute Gasteiger partial charge is 0.323 e. The normalized spacial score (nSPS) is 12.0. The second-order valence-electron chi connectivity index (χ2n) is 4.12. The zero-order chi connectivity index (χ0) is 11.5. The SMILES string of the molecule is CN(CCc1cccs1)C(C)(C)C(=O)O. The second-order valence-corrected chi connectivity index (χ2v) is 5.15. The predicted octanol–water partition coefficient (Wildman–Crippen LogP) is 2.09. The molecule has 0 unspecified atom stereocenters. The molecule has 84 valence electrons. The summed E-state index contributed by atoms with van der Waals surface area (Å²) in [5.74, 6) is -0.781. The van der Waals surface area contributed by atoms with E-state index in [1.165, 1.54) is 4.88 Å². The second kappa shape index (κ2) is 4.77. The lowest BCUT2D eigenvalue weighted by molar-refractivity contribution is -0.148. The summed E-state index contributed by atoms with van der Waals surface area (Å²) in [7, 11) is 1.85. The first kappa shape index (κ1) is 12.2. The van der Waals surface area contributed by atoms with Crippen LogP contribution in [0.25, 0.3) is 0 Å². The molecule has 0 spiro atoms. The molecule has 0 saturated heterocycles. The van der Waals surface area contributed by atoms with Crippen molar-refractivity contribution < 1.29 is 9.90 Å². The first-order valence-electron chi connectivity index (χ1n) is 4.91. The van der Waals surface area contributed by atoms with Gasteiger partial charge in [0.1, 0.15) is 5.54 Å². The van der Waals surface area contributed by atoms with Gasteiger partial charge in [0.15, 0.2) is 0 Å². The van der Waals surface area contributed by atoms with E-state index in [2.05, 4.69) is 6.07 Å². The predicted molar refractivity (Wildman–Crippen MR) is 62.4 cm³/mol. The lowest BCUT2D eigenvalue weighted by Gasteiger charge is -2.31. The van der Waals surface area contributed by atoms with Gasteiger partial charge in [0.05, 0.1) is 0 Å². The third-order valence-electron chi connectivity index (χ3n) is 2.75. The fourth-order valence-electron chi connectivity index (χ4n) is 1.18. The van der Waals surface area contributed by atoms with Crippen molar-refractivity contribution in [1.29, 1.82) is 0 Å². The Kier molecular flexibility index (Phi) is 3.88. The number of rotatable bonds is 5. The van der Waals surface area contributed by atoms with Crippen LogP contribution < -0.4 is 0 Å². The van der Waals surface area contributed by atoms with Gasteiger partial charge < -0.3 is 5.11 Å². The molecule has 4 heteroatoms. The summed E-state index contributed by atoms with van der Waals surface area (Å²) < 4.78 is 0. The molecule has 0 bridgehead atoms. The molecule has 15 heavy (non-hydrogen) atoms. The molecule has 0 aliphatic heterocycles. The molecule has 0 atom stereocenters. The van der Waals surface area contributed by atoms with Crippen molar-refractivity contribution in [3.8, 4) is 0 Å². The highest BCUT2D eigenvalue weighted by molar-refractivity contribution is 7.09. The van der Waals surface area contributed by atoms with Crippen molar-refractivity contribution in [1.82, 2.24) is 4.90 Å². The number of carboxylic acids is 1. The first-order valence-corrected chi connectivity index (χ1v) is 5.79. The van der Waals surface area contributed by atoms with Gasteiger partial charge in [-0.05, 0) is 38.8 Å². The lowest BCUT2D eigenvalue weighted by Crippen LogP contribution is -2.48. The van der Waals surface area contributed by atoms with Gasteiger partial charge in [-0.3, -0.25) is 9.69 Å². The third kappa shape index (κ3) is 3.04. The molecule has 0 saturated carbocycles. The number of hydrogen-bond acceptors (Lipinski definition) is 3. The van der Waals surface area contributed by atoms with Gasteiger partial charge in [-0.15, -0.1) is 11.3 Å². The van der Waals surface area contributed by atoms with Crippen molar-refractivity contribution in [2.75, 3.05) is 13.6 Å². The Balaban J connectivity index is 2.49. The first-order chi connectivity index (χ1) is 6.94. The Labute approximate surface area is 94.3 Å². The Morgan fingerprint density at radius 1 is 1.60 bits per heavy atom. The van der Waals surface area contributed by atoms with Crippen molar-refractivity contribution in [2.45, 2.75) is 25.8 Å². The molecule has 3 nitrogen and oxygen atoms in total. The number of likely N-dealkylation sites (N-methyl/N-ethyl adjacent to an activating group) is 1. The van der Waals surface area contributed by atoms with Crippen LogP contribution in [0.4, 0.5) is 0 Å². The molecule has 0 radical (unpaired) electrons. The molecule has 1 N–H and O–H groups in total. The summed E-state index contributed by atoms with van der Waals surface area (Å²) >= 11 is 1.71. The van der Waals surface area contributed by atoms with Gasteiger partial charge in [0.2, 0.25) is 0 Å². The Bertz CT molecular complexity index is 319. The summed E-state index contributed by atoms with van der Waals surface area (Å²) in [6.07, 6.45) is 0.908. The minimum atomic E-state index is -0.794. The molecule has 1 aromatic rings. The monoisotopic (exact) mass is 227 g/mol. The fourth-order valence-corrected chi connectivity index (χ4v) is 1.87. The van der Waals surface area contributed by atoms with Crippen LogP contribution in [0.5, 0.6) is 0 Å². The molecule has 0 fully saturated rings. The quantitative estimate of drug-likeness (QED) is 0.837. The van der Waals surface area contributed by atoms with Gasteiger partial charge in [0, 0.05) is 11.4 Å².